The molecule has 0 amide bonds. The maximum atomic E-state index is 5.40. The zero-order valence-corrected chi connectivity index (χ0v) is 18.2. The van der Waals surface area contributed by atoms with Gasteiger partial charge >= 0.3 is 0 Å². The van der Waals surface area contributed by atoms with E-state index in [9.17, 15) is 0 Å². The van der Waals surface area contributed by atoms with Gasteiger partial charge in [0.2, 0.25) is 0 Å². The highest BCUT2D eigenvalue weighted by Gasteiger charge is 2.09. The van der Waals surface area contributed by atoms with Gasteiger partial charge < -0.3 is 20.0 Å². The SMILES string of the molecule is I.c1ccc(CN=C(NCCc2ccco2)NCCN2CCCCC2)cc1. The Morgan fingerprint density at radius 3 is 2.48 bits per heavy atom. The number of benzene rings is 1. The van der Waals surface area contributed by atoms with E-state index in [0.717, 1.165) is 37.8 Å². The molecule has 0 radical (unpaired) electrons. The van der Waals surface area contributed by atoms with Crippen LogP contribution in [-0.2, 0) is 13.0 Å². The predicted molar refractivity (Wildman–Crippen MR) is 122 cm³/mol. The van der Waals surface area contributed by atoms with Crippen molar-refractivity contribution in [3.63, 3.8) is 0 Å². The second-order valence-corrected chi connectivity index (χ2v) is 6.74. The molecular formula is C21H31IN4O. The standard InChI is InChI=1S/C21H30N4O.HI/c1-3-8-19(9-4-1)18-24-21(22-12-11-20-10-7-17-26-20)23-13-16-25-14-5-2-6-15-25;/h1,3-4,7-10,17H,2,5-6,11-16,18H2,(H2,22,23,24);1H. The molecule has 0 bridgehead atoms. The van der Waals surface area contributed by atoms with Crippen LogP contribution in [0.3, 0.4) is 0 Å². The number of aliphatic imine (C=N–C) groups is 1. The maximum Gasteiger partial charge on any atom is 0.191 e. The average Bonchev–Trinajstić information content (AvgIpc) is 3.21. The molecule has 1 aliphatic rings. The molecule has 5 nitrogen and oxygen atoms in total. The largest absolute Gasteiger partial charge is 0.469 e. The van der Waals surface area contributed by atoms with Gasteiger partial charge in [0.25, 0.3) is 0 Å². The van der Waals surface area contributed by atoms with Crippen LogP contribution in [0.4, 0.5) is 0 Å². The third kappa shape index (κ3) is 8.34. The maximum absolute atomic E-state index is 5.40. The second-order valence-electron chi connectivity index (χ2n) is 6.74. The van der Waals surface area contributed by atoms with E-state index in [1.807, 2.05) is 18.2 Å². The Labute approximate surface area is 179 Å². The molecule has 0 atom stereocenters. The molecule has 148 valence electrons. The summed E-state index contributed by atoms with van der Waals surface area (Å²) >= 11 is 0. The highest BCUT2D eigenvalue weighted by Crippen LogP contribution is 2.07. The van der Waals surface area contributed by atoms with Gasteiger partial charge in [0.05, 0.1) is 12.8 Å². The fourth-order valence-electron chi connectivity index (χ4n) is 3.20. The summed E-state index contributed by atoms with van der Waals surface area (Å²) in [7, 11) is 0. The van der Waals surface area contributed by atoms with Crippen molar-refractivity contribution in [2.24, 2.45) is 4.99 Å². The molecule has 1 fully saturated rings. The van der Waals surface area contributed by atoms with Gasteiger partial charge in [-0.15, -0.1) is 24.0 Å². The highest BCUT2D eigenvalue weighted by atomic mass is 127. The number of nitrogens with zero attached hydrogens (tertiary/aromatic N) is 2. The van der Waals surface area contributed by atoms with Crippen LogP contribution < -0.4 is 10.6 Å². The summed E-state index contributed by atoms with van der Waals surface area (Å²) in [6.07, 6.45) is 6.61. The van der Waals surface area contributed by atoms with Gasteiger partial charge in [-0.3, -0.25) is 0 Å². The van der Waals surface area contributed by atoms with E-state index in [4.69, 9.17) is 9.41 Å². The number of halogens is 1. The fraction of sp³-hybridized carbons (Fsp3) is 0.476. The van der Waals surface area contributed by atoms with Crippen LogP contribution in [0.25, 0.3) is 0 Å². The van der Waals surface area contributed by atoms with E-state index < -0.39 is 0 Å². The molecule has 2 aromatic rings. The third-order valence-electron chi connectivity index (χ3n) is 4.68. The number of piperidine rings is 1. The van der Waals surface area contributed by atoms with E-state index in [1.165, 1.54) is 37.9 Å². The van der Waals surface area contributed by atoms with Crippen molar-refractivity contribution in [2.45, 2.75) is 32.2 Å². The Bertz CT molecular complexity index is 639. The van der Waals surface area contributed by atoms with Crippen molar-refractivity contribution in [3.05, 3.63) is 60.1 Å². The van der Waals surface area contributed by atoms with Crippen LogP contribution in [0.2, 0.25) is 0 Å². The Hall–Kier alpha value is -1.54. The van der Waals surface area contributed by atoms with Crippen LogP contribution in [0.1, 0.15) is 30.6 Å². The quantitative estimate of drug-likeness (QED) is 0.343. The van der Waals surface area contributed by atoms with Crippen LogP contribution in [0.15, 0.2) is 58.1 Å². The first kappa shape index (κ1) is 21.8. The molecule has 3 rings (SSSR count). The molecule has 27 heavy (non-hydrogen) atoms. The van der Waals surface area contributed by atoms with E-state index in [2.05, 4.69) is 39.8 Å². The van der Waals surface area contributed by atoms with Crippen molar-refractivity contribution in [2.75, 3.05) is 32.7 Å². The van der Waals surface area contributed by atoms with Crippen molar-refractivity contribution in [1.82, 2.24) is 15.5 Å². The third-order valence-corrected chi connectivity index (χ3v) is 4.68. The molecule has 1 aromatic carbocycles. The Balaban J connectivity index is 0.00000261. The van der Waals surface area contributed by atoms with Crippen LogP contribution in [0.5, 0.6) is 0 Å². The smallest absolute Gasteiger partial charge is 0.191 e. The first-order valence-corrected chi connectivity index (χ1v) is 9.71. The lowest BCUT2D eigenvalue weighted by Gasteiger charge is -2.26. The average molecular weight is 482 g/mol. The normalized spacial score (nSPS) is 15.2. The molecule has 1 aromatic heterocycles. The lowest BCUT2D eigenvalue weighted by atomic mass is 10.1. The minimum Gasteiger partial charge on any atom is -0.469 e. The van der Waals surface area contributed by atoms with Gasteiger partial charge in [-0.05, 0) is 43.6 Å². The molecule has 0 spiro atoms. The molecule has 2 heterocycles. The zero-order chi connectivity index (χ0) is 17.9. The first-order valence-electron chi connectivity index (χ1n) is 9.71. The van der Waals surface area contributed by atoms with Crippen molar-refractivity contribution < 1.29 is 4.42 Å². The van der Waals surface area contributed by atoms with Crippen LogP contribution in [-0.4, -0.2) is 43.6 Å². The predicted octanol–water partition coefficient (Wildman–Crippen LogP) is 3.66. The number of furan rings is 1. The molecule has 2 N–H and O–H groups in total. The van der Waals surface area contributed by atoms with E-state index >= 15 is 0 Å². The number of hydrogen-bond donors (Lipinski definition) is 2. The molecule has 1 aliphatic heterocycles. The first-order chi connectivity index (χ1) is 12.9. The fourth-order valence-corrected chi connectivity index (χ4v) is 3.20. The molecule has 0 saturated carbocycles. The number of guanidine groups is 1. The Kier molecular flexibility index (Phi) is 10.3. The second kappa shape index (κ2) is 12.8. The van der Waals surface area contributed by atoms with Gasteiger partial charge in [-0.1, -0.05) is 36.8 Å². The topological polar surface area (TPSA) is 52.8 Å². The van der Waals surface area contributed by atoms with Crippen molar-refractivity contribution in [3.8, 4) is 0 Å². The van der Waals surface area contributed by atoms with Gasteiger partial charge in [0, 0.05) is 26.1 Å². The van der Waals surface area contributed by atoms with E-state index in [-0.39, 0.29) is 24.0 Å². The summed E-state index contributed by atoms with van der Waals surface area (Å²) in [4.78, 5) is 7.28. The van der Waals surface area contributed by atoms with E-state index in [1.54, 1.807) is 6.26 Å². The lowest BCUT2D eigenvalue weighted by molar-refractivity contribution is 0.232. The number of hydrogen-bond acceptors (Lipinski definition) is 3. The Morgan fingerprint density at radius 1 is 0.963 bits per heavy atom. The van der Waals surface area contributed by atoms with Crippen molar-refractivity contribution >= 4 is 29.9 Å². The van der Waals surface area contributed by atoms with Gasteiger partial charge in [-0.25, -0.2) is 4.99 Å². The molecular weight excluding hydrogens is 451 g/mol. The number of likely N-dealkylation sites (tertiary alicyclic amines) is 1. The van der Waals surface area contributed by atoms with E-state index in [0.29, 0.717) is 6.54 Å². The summed E-state index contributed by atoms with van der Waals surface area (Å²) in [5, 5.41) is 6.91. The van der Waals surface area contributed by atoms with Gasteiger partial charge in [0.1, 0.15) is 5.76 Å². The Morgan fingerprint density at radius 2 is 1.74 bits per heavy atom. The minimum absolute atomic E-state index is 0. The van der Waals surface area contributed by atoms with Crippen molar-refractivity contribution in [1.29, 1.82) is 0 Å². The molecule has 0 unspecified atom stereocenters. The molecule has 6 heteroatoms. The molecule has 0 aliphatic carbocycles. The number of rotatable bonds is 8. The monoisotopic (exact) mass is 482 g/mol. The number of nitrogens with one attached hydrogen (secondary N) is 2. The summed E-state index contributed by atoms with van der Waals surface area (Å²) in [5.74, 6) is 1.87. The molecule has 1 saturated heterocycles. The lowest BCUT2D eigenvalue weighted by Crippen LogP contribution is -2.43. The van der Waals surface area contributed by atoms with Gasteiger partial charge in [0.15, 0.2) is 5.96 Å². The zero-order valence-electron chi connectivity index (χ0n) is 15.9. The summed E-state index contributed by atoms with van der Waals surface area (Å²) in [6.45, 7) is 5.93. The summed E-state index contributed by atoms with van der Waals surface area (Å²) in [5.41, 5.74) is 1.22. The van der Waals surface area contributed by atoms with Crippen LogP contribution in [0, 0.1) is 0 Å². The van der Waals surface area contributed by atoms with Gasteiger partial charge in [-0.2, -0.15) is 0 Å². The summed E-state index contributed by atoms with van der Waals surface area (Å²) < 4.78 is 5.40. The van der Waals surface area contributed by atoms with Crippen LogP contribution >= 0.6 is 24.0 Å². The minimum atomic E-state index is 0. The highest BCUT2D eigenvalue weighted by molar-refractivity contribution is 14.0. The summed E-state index contributed by atoms with van der Waals surface area (Å²) in [6, 6.07) is 14.3.